The molecule has 44 heavy (non-hydrogen) atoms. The Morgan fingerprint density at radius 3 is 1.91 bits per heavy atom. The molecule has 0 unspecified atom stereocenters. The number of pyridine rings is 1. The number of ether oxygens (including phenoxy) is 3. The Morgan fingerprint density at radius 2 is 1.41 bits per heavy atom. The molecule has 1 saturated carbocycles. The lowest BCUT2D eigenvalue weighted by Gasteiger charge is -2.23. The Balaban J connectivity index is 1.71. The fourth-order valence-electron chi connectivity index (χ4n) is 4.80. The van der Waals surface area contributed by atoms with E-state index in [0.717, 1.165) is 53.8 Å². The number of aryl methyl sites for hydroxylation is 2. The predicted octanol–water partition coefficient (Wildman–Crippen LogP) is 7.70. The van der Waals surface area contributed by atoms with Gasteiger partial charge in [-0.25, -0.2) is 0 Å². The van der Waals surface area contributed by atoms with E-state index in [4.69, 9.17) is 28.2 Å². The Labute approximate surface area is 261 Å². The minimum absolute atomic E-state index is 0.257. The molecule has 1 N–H and O–H groups in total. The Hall–Kier alpha value is -2.94. The molecule has 244 valence electrons. The summed E-state index contributed by atoms with van der Waals surface area (Å²) in [5.41, 5.74) is 3.07. The Bertz CT molecular complexity index is 1290. The molecule has 11 heteroatoms. The molecule has 1 aromatic heterocycles. The molecule has 0 amide bonds. The molecule has 10 nitrogen and oxygen atoms in total. The number of carbonyl (C=O) groups excluding carboxylic acids is 2. The van der Waals surface area contributed by atoms with E-state index in [1.165, 1.54) is 6.42 Å². The molecule has 0 bridgehead atoms. The van der Waals surface area contributed by atoms with Gasteiger partial charge in [-0.2, -0.15) is 0 Å². The summed E-state index contributed by atoms with van der Waals surface area (Å²) in [6.07, 6.45) is 5.71. The number of aromatic nitrogens is 1. The lowest BCUT2D eigenvalue weighted by molar-refractivity contribution is -0.162. The zero-order valence-corrected chi connectivity index (χ0v) is 28.3. The highest BCUT2D eigenvalue weighted by Crippen LogP contribution is 2.48. The summed E-state index contributed by atoms with van der Waals surface area (Å²) in [6.45, 7) is 12.8. The van der Waals surface area contributed by atoms with Crippen molar-refractivity contribution in [1.82, 2.24) is 4.98 Å². The van der Waals surface area contributed by atoms with Crippen molar-refractivity contribution in [3.63, 3.8) is 0 Å². The van der Waals surface area contributed by atoms with Crippen molar-refractivity contribution in [3.05, 3.63) is 52.3 Å². The van der Waals surface area contributed by atoms with Crippen molar-refractivity contribution in [1.29, 1.82) is 0 Å². The average Bonchev–Trinajstić information content (AvgIpc) is 2.94. The molecule has 2 aromatic rings. The lowest BCUT2D eigenvalue weighted by atomic mass is 9.86. The molecular formula is C33H48NO9P. The fourth-order valence-corrected chi connectivity index (χ4v) is 5.76. The molecule has 3 rings (SSSR count). The van der Waals surface area contributed by atoms with Crippen LogP contribution < -0.4 is 4.74 Å². The second kappa shape index (κ2) is 14.9. The van der Waals surface area contributed by atoms with Crippen LogP contribution >= 0.6 is 7.60 Å². The smallest absolute Gasteiger partial charge is 0.373 e. The van der Waals surface area contributed by atoms with Gasteiger partial charge < -0.3 is 19.3 Å². The van der Waals surface area contributed by atoms with E-state index in [0.29, 0.717) is 12.2 Å². The van der Waals surface area contributed by atoms with Crippen LogP contribution in [-0.4, -0.2) is 42.0 Å². The number of hydrogen-bond donors (Lipinski definition) is 1. The normalized spacial score (nSPS) is 14.7. The van der Waals surface area contributed by atoms with Crippen LogP contribution in [0.2, 0.25) is 0 Å². The van der Waals surface area contributed by atoms with E-state index in [9.17, 15) is 19.3 Å². The van der Waals surface area contributed by atoms with Crippen molar-refractivity contribution in [3.8, 4) is 11.5 Å². The number of esters is 2. The van der Waals surface area contributed by atoms with Gasteiger partial charge in [-0.3, -0.25) is 28.2 Å². The topological polar surface area (TPSA) is 130 Å². The minimum atomic E-state index is -4.03. The van der Waals surface area contributed by atoms with Gasteiger partial charge in [0.05, 0.1) is 16.5 Å². The second-order valence-corrected chi connectivity index (χ2v) is 15.5. The van der Waals surface area contributed by atoms with Crippen molar-refractivity contribution in [2.24, 2.45) is 10.8 Å². The maximum absolute atomic E-state index is 13.5. The summed E-state index contributed by atoms with van der Waals surface area (Å²) in [7, 11) is -4.03. The van der Waals surface area contributed by atoms with Crippen LogP contribution in [-0.2, 0) is 39.1 Å². The fraction of sp³-hybridized carbons (Fsp3) is 0.606. The standard InChI is InChI=1S/C33H48NO9P/c1-22-16-26(17-23(2)27(22)18-25-14-15-28(35)29(34-25)24-12-10-9-11-13-24)41-21-44(38,42-19-39-30(36)32(3,4)5)43-20-40-31(37)33(6,7)8/h14-17,24,35H,9-13,18-21H2,1-8H3. The van der Waals surface area contributed by atoms with Gasteiger partial charge in [-0.1, -0.05) is 19.3 Å². The largest absolute Gasteiger partial charge is 0.506 e. The van der Waals surface area contributed by atoms with E-state index in [2.05, 4.69) is 0 Å². The van der Waals surface area contributed by atoms with E-state index >= 15 is 0 Å². The van der Waals surface area contributed by atoms with E-state index in [-0.39, 0.29) is 11.7 Å². The van der Waals surface area contributed by atoms with Gasteiger partial charge >= 0.3 is 19.5 Å². The molecule has 0 spiro atoms. The highest BCUT2D eigenvalue weighted by molar-refractivity contribution is 7.53. The summed E-state index contributed by atoms with van der Waals surface area (Å²) in [5.74, 6) is -0.0974. The zero-order chi connectivity index (χ0) is 32.7. The summed E-state index contributed by atoms with van der Waals surface area (Å²) in [5, 5.41) is 10.5. The highest BCUT2D eigenvalue weighted by atomic mass is 31.2. The van der Waals surface area contributed by atoms with Crippen LogP contribution in [0.3, 0.4) is 0 Å². The number of nitrogens with zero attached hydrogens (tertiary/aromatic N) is 1. The van der Waals surface area contributed by atoms with Gasteiger partial charge in [-0.05, 0) is 109 Å². The second-order valence-electron chi connectivity index (χ2n) is 13.5. The molecule has 1 heterocycles. The van der Waals surface area contributed by atoms with Gasteiger partial charge in [0.25, 0.3) is 0 Å². The first kappa shape index (κ1) is 35.5. The van der Waals surface area contributed by atoms with Crippen LogP contribution in [0.15, 0.2) is 24.3 Å². The van der Waals surface area contributed by atoms with Gasteiger partial charge in [0, 0.05) is 18.0 Å². The van der Waals surface area contributed by atoms with Gasteiger partial charge in [0.1, 0.15) is 11.5 Å². The van der Waals surface area contributed by atoms with Crippen LogP contribution in [0.4, 0.5) is 0 Å². The average molecular weight is 634 g/mol. The lowest BCUT2D eigenvalue weighted by Crippen LogP contribution is -2.25. The SMILES string of the molecule is Cc1cc(OCP(=O)(OCOC(=O)C(C)(C)C)OCOC(=O)C(C)(C)C)cc(C)c1Cc1ccc(O)c(C2CCCCC2)n1. The van der Waals surface area contributed by atoms with Crippen LogP contribution in [0.1, 0.15) is 108 Å². The number of hydrogen-bond acceptors (Lipinski definition) is 10. The molecule has 0 aliphatic heterocycles. The third-order valence-electron chi connectivity index (χ3n) is 7.47. The van der Waals surface area contributed by atoms with Crippen LogP contribution in [0.5, 0.6) is 11.5 Å². The third kappa shape index (κ3) is 10.3. The zero-order valence-electron chi connectivity index (χ0n) is 27.4. The number of benzene rings is 1. The molecule has 1 aliphatic carbocycles. The maximum Gasteiger partial charge on any atom is 0.373 e. The number of carbonyl (C=O) groups is 2. The molecular weight excluding hydrogens is 585 g/mol. The quantitative estimate of drug-likeness (QED) is 0.141. The molecule has 1 fully saturated rings. The minimum Gasteiger partial charge on any atom is -0.506 e. The molecule has 0 atom stereocenters. The molecule has 1 aliphatic rings. The summed E-state index contributed by atoms with van der Waals surface area (Å²) < 4.78 is 40.3. The highest BCUT2D eigenvalue weighted by Gasteiger charge is 2.31. The summed E-state index contributed by atoms with van der Waals surface area (Å²) >= 11 is 0. The molecule has 0 radical (unpaired) electrons. The van der Waals surface area contributed by atoms with Crippen molar-refractivity contribution in [2.45, 2.75) is 99.8 Å². The molecule has 0 saturated heterocycles. The summed E-state index contributed by atoms with van der Waals surface area (Å²) in [4.78, 5) is 29.1. The number of rotatable bonds is 12. The van der Waals surface area contributed by atoms with Crippen LogP contribution in [0.25, 0.3) is 0 Å². The van der Waals surface area contributed by atoms with Crippen LogP contribution in [0, 0.1) is 24.7 Å². The van der Waals surface area contributed by atoms with Crippen molar-refractivity contribution >= 4 is 19.5 Å². The third-order valence-corrected chi connectivity index (χ3v) is 8.92. The summed E-state index contributed by atoms with van der Waals surface area (Å²) in [6, 6.07) is 7.25. The van der Waals surface area contributed by atoms with Gasteiger partial charge in [0.2, 0.25) is 13.6 Å². The Morgan fingerprint density at radius 1 is 0.886 bits per heavy atom. The first-order chi connectivity index (χ1) is 20.5. The number of aromatic hydroxyl groups is 1. The van der Waals surface area contributed by atoms with Gasteiger partial charge in [0.15, 0.2) is 6.35 Å². The van der Waals surface area contributed by atoms with E-state index in [1.54, 1.807) is 47.6 Å². The van der Waals surface area contributed by atoms with Crippen molar-refractivity contribution in [2.75, 3.05) is 19.9 Å². The Kier molecular flexibility index (Phi) is 12.0. The predicted molar refractivity (Wildman–Crippen MR) is 167 cm³/mol. The first-order valence-electron chi connectivity index (χ1n) is 15.1. The maximum atomic E-state index is 13.5. The van der Waals surface area contributed by atoms with E-state index in [1.807, 2.05) is 32.0 Å². The van der Waals surface area contributed by atoms with E-state index < -0.39 is 50.3 Å². The van der Waals surface area contributed by atoms with Crippen molar-refractivity contribution < 1.29 is 42.5 Å². The monoisotopic (exact) mass is 633 g/mol. The molecule has 1 aromatic carbocycles. The van der Waals surface area contributed by atoms with Gasteiger partial charge in [-0.15, -0.1) is 0 Å². The first-order valence-corrected chi connectivity index (χ1v) is 16.9.